The summed E-state index contributed by atoms with van der Waals surface area (Å²) in [5.74, 6) is -2.15. The molecule has 1 unspecified atom stereocenters. The van der Waals surface area contributed by atoms with Crippen LogP contribution in [0.3, 0.4) is 0 Å². The van der Waals surface area contributed by atoms with Gasteiger partial charge in [-0.25, -0.2) is 17.6 Å². The van der Waals surface area contributed by atoms with Crippen molar-refractivity contribution in [3.63, 3.8) is 0 Å². The molecule has 1 atom stereocenters. The number of imide groups is 1. The Bertz CT molecular complexity index is 1750. The Balaban J connectivity index is 1.50. The number of fused-ring (bicyclic) bond motifs is 2. The number of rotatable bonds is 6. The Morgan fingerprint density at radius 1 is 1.05 bits per heavy atom. The van der Waals surface area contributed by atoms with Crippen LogP contribution in [0.25, 0.3) is 0 Å². The smallest absolute Gasteiger partial charge is 0.427 e. The molecule has 0 radical (unpaired) electrons. The van der Waals surface area contributed by atoms with Gasteiger partial charge in [-0.3, -0.25) is 24.1 Å². The van der Waals surface area contributed by atoms with E-state index < -0.39 is 58.2 Å². The minimum atomic E-state index is -4.89. The molecule has 16 heteroatoms. The Labute approximate surface area is 253 Å². The molecular weight excluding hydrogens is 634 g/mol. The summed E-state index contributed by atoms with van der Waals surface area (Å²) in [5.41, 5.74) is -2.99. The molecule has 232 valence electrons. The zero-order chi connectivity index (χ0) is 32.2. The molecule has 3 aromatic rings. The van der Waals surface area contributed by atoms with Crippen LogP contribution in [0.4, 0.5) is 33.7 Å². The largest absolute Gasteiger partial charge is 0.483 e. The van der Waals surface area contributed by atoms with Gasteiger partial charge in [0.1, 0.15) is 11.9 Å². The second-order valence-corrected chi connectivity index (χ2v) is 12.6. The van der Waals surface area contributed by atoms with Crippen LogP contribution in [0, 0.1) is 5.82 Å². The number of ether oxygens (including phenoxy) is 2. The molecule has 3 amide bonds. The monoisotopic (exact) mass is 655 g/mol. The fraction of sp³-hybridized carbons (Fsp3) is 0.250. The highest BCUT2D eigenvalue weighted by Crippen LogP contribution is 2.45. The molecule has 2 heterocycles. The van der Waals surface area contributed by atoms with Crippen LogP contribution in [0.1, 0.15) is 34.6 Å². The number of alkyl halides is 3. The van der Waals surface area contributed by atoms with Crippen LogP contribution in [-0.2, 0) is 14.8 Å². The predicted molar refractivity (Wildman–Crippen MR) is 149 cm³/mol. The van der Waals surface area contributed by atoms with Gasteiger partial charge in [-0.1, -0.05) is 23.7 Å². The summed E-state index contributed by atoms with van der Waals surface area (Å²) >= 11 is 6.42. The molecule has 2 aliphatic heterocycles. The zero-order valence-electron chi connectivity index (χ0n) is 22.8. The first-order chi connectivity index (χ1) is 20.5. The van der Waals surface area contributed by atoms with E-state index in [0.29, 0.717) is 13.8 Å². The van der Waals surface area contributed by atoms with Gasteiger partial charge >= 0.3 is 12.3 Å². The Kier molecular flexibility index (Phi) is 7.74. The minimum absolute atomic E-state index is 0.166. The van der Waals surface area contributed by atoms with Crippen molar-refractivity contribution >= 4 is 50.9 Å². The molecule has 1 N–H and O–H groups in total. The molecule has 0 bridgehead atoms. The summed E-state index contributed by atoms with van der Waals surface area (Å²) in [7, 11) is -4.50. The van der Waals surface area contributed by atoms with Gasteiger partial charge in [0.05, 0.1) is 39.8 Å². The topological polar surface area (TPSA) is 122 Å². The summed E-state index contributed by atoms with van der Waals surface area (Å²) in [6.45, 7) is 0.430. The average Bonchev–Trinajstić information content (AvgIpc) is 3.17. The molecule has 44 heavy (non-hydrogen) atoms. The SMILES string of the molecule is CC(C)(OC(=O)Nc1cc(Cl)c2c(c1)N(S(=O)(=O)c1ccc(F)cc1)CC(CN1C(=O)c3ccccc3C1=O)O2)C(F)(F)F. The molecule has 3 aromatic carbocycles. The maximum Gasteiger partial charge on any atom is 0.427 e. The summed E-state index contributed by atoms with van der Waals surface area (Å²) in [6.07, 6.45) is -7.54. The van der Waals surface area contributed by atoms with Crippen LogP contribution in [0.5, 0.6) is 5.75 Å². The highest BCUT2D eigenvalue weighted by atomic mass is 35.5. The van der Waals surface area contributed by atoms with Crippen molar-refractivity contribution in [2.24, 2.45) is 0 Å². The van der Waals surface area contributed by atoms with Crippen LogP contribution in [0.15, 0.2) is 65.6 Å². The lowest BCUT2D eigenvalue weighted by molar-refractivity contribution is -0.242. The number of amides is 3. The third-order valence-corrected chi connectivity index (χ3v) is 8.96. The lowest BCUT2D eigenvalue weighted by atomic mass is 10.1. The first kappa shape index (κ1) is 31.1. The predicted octanol–water partition coefficient (Wildman–Crippen LogP) is 5.62. The second kappa shape index (κ2) is 11.0. The van der Waals surface area contributed by atoms with Gasteiger partial charge in [-0.05, 0) is 62.4 Å². The van der Waals surface area contributed by atoms with E-state index in [1.807, 2.05) is 0 Å². The maximum absolute atomic E-state index is 13.8. The number of benzene rings is 3. The minimum Gasteiger partial charge on any atom is -0.483 e. The van der Waals surface area contributed by atoms with Crippen molar-refractivity contribution in [3.8, 4) is 5.75 Å². The molecule has 0 saturated carbocycles. The lowest BCUT2D eigenvalue weighted by Gasteiger charge is -2.37. The number of hydrogen-bond donors (Lipinski definition) is 1. The van der Waals surface area contributed by atoms with Crippen molar-refractivity contribution in [3.05, 3.63) is 82.6 Å². The van der Waals surface area contributed by atoms with Crippen LogP contribution in [-0.4, -0.2) is 62.2 Å². The summed E-state index contributed by atoms with van der Waals surface area (Å²) < 4.78 is 92.2. The van der Waals surface area contributed by atoms with Crippen molar-refractivity contribution in [1.29, 1.82) is 0 Å². The molecule has 10 nitrogen and oxygen atoms in total. The second-order valence-electron chi connectivity index (χ2n) is 10.3. The summed E-state index contributed by atoms with van der Waals surface area (Å²) in [5, 5.41) is 1.84. The molecule has 0 spiro atoms. The number of carbonyl (C=O) groups excluding carboxylic acids is 3. The number of carbonyl (C=O) groups is 3. The van der Waals surface area contributed by atoms with Crippen molar-refractivity contribution in [2.45, 2.75) is 36.6 Å². The lowest BCUT2D eigenvalue weighted by Crippen LogP contribution is -2.49. The molecular formula is C28H22ClF4N3O7S. The molecule has 0 fully saturated rings. The standard InChI is InChI=1S/C28H22ClF4N3O7S/c1-27(2,28(31,32)33)43-26(39)34-16-11-21(29)23-22(12-16)36(44(40,41)18-9-7-15(30)8-10-18)14-17(42-23)13-35-24(37)19-5-3-4-6-20(19)25(35)38/h3-12,17H,13-14H2,1-2H3,(H,34,39). The van der Waals surface area contributed by atoms with Gasteiger partial charge in [0.2, 0.25) is 5.60 Å². The van der Waals surface area contributed by atoms with Crippen LogP contribution >= 0.6 is 11.6 Å². The number of anilines is 2. The Morgan fingerprint density at radius 2 is 1.64 bits per heavy atom. The van der Waals surface area contributed by atoms with Gasteiger partial charge in [0.15, 0.2) is 5.75 Å². The molecule has 0 aromatic heterocycles. The van der Waals surface area contributed by atoms with Gasteiger partial charge in [-0.2, -0.15) is 13.2 Å². The van der Waals surface area contributed by atoms with Crippen molar-refractivity contribution < 1.29 is 49.8 Å². The number of nitrogens with zero attached hydrogens (tertiary/aromatic N) is 2. The van der Waals surface area contributed by atoms with Gasteiger partial charge in [0.25, 0.3) is 21.8 Å². The van der Waals surface area contributed by atoms with E-state index in [9.17, 15) is 40.4 Å². The highest BCUT2D eigenvalue weighted by molar-refractivity contribution is 7.92. The summed E-state index contributed by atoms with van der Waals surface area (Å²) in [4.78, 5) is 38.8. The first-order valence-corrected chi connectivity index (χ1v) is 14.6. The molecule has 2 aliphatic rings. The van der Waals surface area contributed by atoms with E-state index in [1.165, 1.54) is 12.1 Å². The van der Waals surface area contributed by atoms with E-state index in [-0.39, 0.29) is 44.7 Å². The van der Waals surface area contributed by atoms with Gasteiger partial charge in [0, 0.05) is 5.69 Å². The zero-order valence-corrected chi connectivity index (χ0v) is 24.4. The van der Waals surface area contributed by atoms with Crippen molar-refractivity contribution in [1.82, 2.24) is 4.90 Å². The number of hydrogen-bond acceptors (Lipinski definition) is 7. The first-order valence-electron chi connectivity index (χ1n) is 12.8. The third-order valence-electron chi connectivity index (χ3n) is 6.89. The van der Waals surface area contributed by atoms with E-state index in [2.05, 4.69) is 10.1 Å². The molecule has 5 rings (SSSR count). The molecule has 0 aliphatic carbocycles. The summed E-state index contributed by atoms with van der Waals surface area (Å²) in [6, 6.07) is 12.2. The van der Waals surface area contributed by atoms with Crippen molar-refractivity contribution in [2.75, 3.05) is 22.7 Å². The Hall–Kier alpha value is -4.37. The number of nitrogens with one attached hydrogen (secondary N) is 1. The highest BCUT2D eigenvalue weighted by Gasteiger charge is 2.51. The average molecular weight is 656 g/mol. The quantitative estimate of drug-likeness (QED) is 0.270. The Morgan fingerprint density at radius 3 is 2.20 bits per heavy atom. The maximum atomic E-state index is 13.8. The fourth-order valence-corrected chi connectivity index (χ4v) is 6.29. The van der Waals surface area contributed by atoms with E-state index in [0.717, 1.165) is 45.6 Å². The van der Waals surface area contributed by atoms with E-state index in [4.69, 9.17) is 16.3 Å². The van der Waals surface area contributed by atoms with Crippen LogP contribution in [0.2, 0.25) is 5.02 Å². The fourth-order valence-electron chi connectivity index (χ4n) is 4.54. The third kappa shape index (κ3) is 5.64. The van der Waals surface area contributed by atoms with Gasteiger partial charge < -0.3 is 9.47 Å². The van der Waals surface area contributed by atoms with Crippen LogP contribution < -0.4 is 14.4 Å². The number of sulfonamides is 1. The van der Waals surface area contributed by atoms with Gasteiger partial charge in [-0.15, -0.1) is 0 Å². The molecule has 0 saturated heterocycles. The van der Waals surface area contributed by atoms with E-state index >= 15 is 0 Å². The normalized spacial score (nSPS) is 16.8. The number of halogens is 5. The van der Waals surface area contributed by atoms with E-state index in [1.54, 1.807) is 12.1 Å².